The molecule has 0 aromatic carbocycles. The largest absolute Gasteiger partial charge is 0.303 e. The molecule has 0 aliphatic heterocycles. The van der Waals surface area contributed by atoms with Gasteiger partial charge in [-0.1, -0.05) is 84.0 Å². The fourth-order valence-corrected chi connectivity index (χ4v) is 3.92. The molecular weight excluding hydrogens is 340 g/mol. The molecule has 0 amide bonds. The minimum absolute atomic E-state index is 0.0459. The van der Waals surface area contributed by atoms with Crippen molar-refractivity contribution in [3.63, 3.8) is 0 Å². The number of unbranched alkanes of at least 4 members (excludes halogenated alkanes) is 12. The molecule has 0 N–H and O–H groups in total. The summed E-state index contributed by atoms with van der Waals surface area (Å²) in [6, 6.07) is 0. The first kappa shape index (κ1) is 23.7. The zero-order chi connectivity index (χ0) is 19.9. The van der Waals surface area contributed by atoms with E-state index in [-0.39, 0.29) is 30.2 Å². The fraction of sp³-hybridized carbons (Fsp3) is 0.826. The van der Waals surface area contributed by atoms with E-state index in [1.807, 2.05) is 0 Å². The summed E-state index contributed by atoms with van der Waals surface area (Å²) in [6.45, 7) is 2.24. The smallest absolute Gasteiger partial charge is 0.151 e. The second-order valence-electron chi connectivity index (χ2n) is 8.13. The standard InChI is InChI=1S/C23H38O4/c1-2-3-4-5-6-7-8-9-10-11-12-13-14-15-20(25)23-21(26)16-19(18-24)17-22(23)27/h18-19,23H,2-17H2,1H3. The number of aldehydes is 1. The van der Waals surface area contributed by atoms with Crippen molar-refractivity contribution in [2.45, 2.75) is 110 Å². The summed E-state index contributed by atoms with van der Waals surface area (Å²) in [6.07, 6.45) is 17.2. The van der Waals surface area contributed by atoms with Crippen molar-refractivity contribution < 1.29 is 19.2 Å². The molecule has 4 nitrogen and oxygen atoms in total. The third-order valence-corrected chi connectivity index (χ3v) is 5.61. The van der Waals surface area contributed by atoms with Crippen LogP contribution in [0.25, 0.3) is 0 Å². The van der Waals surface area contributed by atoms with Gasteiger partial charge in [0.05, 0.1) is 0 Å². The zero-order valence-electron chi connectivity index (χ0n) is 17.2. The molecule has 0 spiro atoms. The Labute approximate surface area is 164 Å². The number of carbonyl (C=O) groups excluding carboxylic acids is 4. The van der Waals surface area contributed by atoms with Gasteiger partial charge in [-0.3, -0.25) is 14.4 Å². The van der Waals surface area contributed by atoms with E-state index < -0.39 is 11.8 Å². The molecule has 0 aromatic heterocycles. The number of carbonyl (C=O) groups is 4. The van der Waals surface area contributed by atoms with Crippen molar-refractivity contribution in [2.75, 3.05) is 0 Å². The monoisotopic (exact) mass is 378 g/mol. The molecule has 0 unspecified atom stereocenters. The lowest BCUT2D eigenvalue weighted by Gasteiger charge is -2.22. The van der Waals surface area contributed by atoms with Crippen molar-refractivity contribution in [3.8, 4) is 0 Å². The number of hydrogen-bond acceptors (Lipinski definition) is 4. The number of hydrogen-bond donors (Lipinski definition) is 0. The van der Waals surface area contributed by atoms with Crippen LogP contribution >= 0.6 is 0 Å². The lowest BCUT2D eigenvalue weighted by atomic mass is 9.77. The Morgan fingerprint density at radius 2 is 1.19 bits per heavy atom. The minimum atomic E-state index is -1.08. The van der Waals surface area contributed by atoms with Gasteiger partial charge < -0.3 is 4.79 Å². The first-order valence-corrected chi connectivity index (χ1v) is 11.1. The zero-order valence-corrected chi connectivity index (χ0v) is 17.2. The molecule has 0 aromatic rings. The van der Waals surface area contributed by atoms with E-state index >= 15 is 0 Å². The lowest BCUT2D eigenvalue weighted by Crippen LogP contribution is -2.39. The summed E-state index contributed by atoms with van der Waals surface area (Å²) in [5, 5.41) is 0. The first-order chi connectivity index (χ1) is 13.1. The van der Waals surface area contributed by atoms with Gasteiger partial charge in [0, 0.05) is 25.2 Å². The summed E-state index contributed by atoms with van der Waals surface area (Å²) in [5.41, 5.74) is 0. The maximum atomic E-state index is 12.2. The van der Waals surface area contributed by atoms with Gasteiger partial charge in [-0.2, -0.15) is 0 Å². The second kappa shape index (κ2) is 14.7. The highest BCUT2D eigenvalue weighted by Gasteiger charge is 2.39. The van der Waals surface area contributed by atoms with Crippen molar-refractivity contribution in [3.05, 3.63) is 0 Å². The number of Topliss-reactive ketones (excluding diaryl/α,β-unsaturated/α-hetero) is 3. The summed E-state index contributed by atoms with van der Waals surface area (Å²) in [7, 11) is 0. The predicted molar refractivity (Wildman–Crippen MR) is 108 cm³/mol. The Morgan fingerprint density at radius 3 is 1.59 bits per heavy atom. The first-order valence-electron chi connectivity index (χ1n) is 11.1. The highest BCUT2D eigenvalue weighted by atomic mass is 16.2. The fourth-order valence-electron chi connectivity index (χ4n) is 3.92. The quantitative estimate of drug-likeness (QED) is 0.205. The van der Waals surface area contributed by atoms with E-state index in [1.54, 1.807) is 0 Å². The molecule has 1 fully saturated rings. The highest BCUT2D eigenvalue weighted by Crippen LogP contribution is 2.24. The van der Waals surface area contributed by atoms with Crippen molar-refractivity contribution in [1.82, 2.24) is 0 Å². The van der Waals surface area contributed by atoms with Crippen molar-refractivity contribution in [1.29, 1.82) is 0 Å². The average molecular weight is 379 g/mol. The van der Waals surface area contributed by atoms with Crippen LogP contribution in [0, 0.1) is 11.8 Å². The molecule has 1 saturated carbocycles. The summed E-state index contributed by atoms with van der Waals surface area (Å²) in [4.78, 5) is 46.8. The topological polar surface area (TPSA) is 68.3 Å². The Balaban J connectivity index is 1.99. The highest BCUT2D eigenvalue weighted by molar-refractivity contribution is 6.21. The van der Waals surface area contributed by atoms with E-state index in [1.165, 1.54) is 64.2 Å². The molecule has 1 aliphatic carbocycles. The van der Waals surface area contributed by atoms with E-state index in [0.717, 1.165) is 19.3 Å². The van der Waals surface area contributed by atoms with E-state index in [0.29, 0.717) is 12.7 Å². The SMILES string of the molecule is CCCCCCCCCCCCCCCC(=O)C1C(=O)CC(C=O)CC1=O. The van der Waals surface area contributed by atoms with Crippen LogP contribution in [0.15, 0.2) is 0 Å². The van der Waals surface area contributed by atoms with E-state index in [2.05, 4.69) is 6.92 Å². The predicted octanol–water partition coefficient (Wildman–Crippen LogP) is 5.40. The molecule has 4 heteroatoms. The van der Waals surface area contributed by atoms with Crippen LogP contribution < -0.4 is 0 Å². The molecule has 1 rings (SSSR count). The van der Waals surface area contributed by atoms with Crippen LogP contribution in [0.1, 0.15) is 110 Å². The van der Waals surface area contributed by atoms with E-state index in [9.17, 15) is 19.2 Å². The molecule has 0 bridgehead atoms. The molecule has 0 heterocycles. The third-order valence-electron chi connectivity index (χ3n) is 5.61. The van der Waals surface area contributed by atoms with Crippen molar-refractivity contribution >= 4 is 23.6 Å². The molecule has 0 radical (unpaired) electrons. The van der Waals surface area contributed by atoms with Gasteiger partial charge in [0.2, 0.25) is 0 Å². The van der Waals surface area contributed by atoms with Gasteiger partial charge in [-0.15, -0.1) is 0 Å². The van der Waals surface area contributed by atoms with Crippen LogP contribution in [0.4, 0.5) is 0 Å². The van der Waals surface area contributed by atoms with Gasteiger partial charge in [-0.05, 0) is 6.42 Å². The summed E-state index contributed by atoms with van der Waals surface area (Å²) in [5.74, 6) is -2.56. The minimum Gasteiger partial charge on any atom is -0.303 e. The van der Waals surface area contributed by atoms with Gasteiger partial charge >= 0.3 is 0 Å². The van der Waals surface area contributed by atoms with Crippen LogP contribution in [-0.2, 0) is 19.2 Å². The van der Waals surface area contributed by atoms with Crippen molar-refractivity contribution in [2.24, 2.45) is 11.8 Å². The van der Waals surface area contributed by atoms with Gasteiger partial charge in [0.25, 0.3) is 0 Å². The van der Waals surface area contributed by atoms with Gasteiger partial charge in [0.15, 0.2) is 17.3 Å². The second-order valence-corrected chi connectivity index (χ2v) is 8.13. The van der Waals surface area contributed by atoms with Crippen LogP contribution in [-0.4, -0.2) is 23.6 Å². The average Bonchev–Trinajstić information content (AvgIpc) is 2.64. The maximum absolute atomic E-state index is 12.2. The normalized spacial score (nSPS) is 20.0. The molecule has 0 saturated heterocycles. The number of ketones is 3. The summed E-state index contributed by atoms with van der Waals surface area (Å²) >= 11 is 0. The molecular formula is C23H38O4. The number of rotatable bonds is 16. The van der Waals surface area contributed by atoms with Crippen LogP contribution in [0.2, 0.25) is 0 Å². The maximum Gasteiger partial charge on any atom is 0.151 e. The van der Waals surface area contributed by atoms with Crippen LogP contribution in [0.3, 0.4) is 0 Å². The Hall–Kier alpha value is -1.32. The Morgan fingerprint density at radius 1 is 0.778 bits per heavy atom. The Bertz CT molecular complexity index is 451. The molecule has 1 aliphatic rings. The summed E-state index contributed by atoms with van der Waals surface area (Å²) < 4.78 is 0. The van der Waals surface area contributed by atoms with E-state index in [4.69, 9.17) is 0 Å². The molecule has 154 valence electrons. The third kappa shape index (κ3) is 9.97. The van der Waals surface area contributed by atoms with Gasteiger partial charge in [0.1, 0.15) is 12.2 Å². The molecule has 27 heavy (non-hydrogen) atoms. The lowest BCUT2D eigenvalue weighted by molar-refractivity contribution is -0.144. The molecule has 0 atom stereocenters. The van der Waals surface area contributed by atoms with Crippen LogP contribution in [0.5, 0.6) is 0 Å². The van der Waals surface area contributed by atoms with Gasteiger partial charge in [-0.25, -0.2) is 0 Å². The Kier molecular flexibility index (Phi) is 12.9.